The van der Waals surface area contributed by atoms with E-state index in [2.05, 4.69) is 0 Å². The lowest BCUT2D eigenvalue weighted by Crippen LogP contribution is -2.48. The van der Waals surface area contributed by atoms with Crippen molar-refractivity contribution in [1.29, 1.82) is 0 Å². The Bertz CT molecular complexity index is 919. The van der Waals surface area contributed by atoms with Crippen molar-refractivity contribution in [1.82, 2.24) is 4.90 Å². The third-order valence-corrected chi connectivity index (χ3v) is 4.83. The van der Waals surface area contributed by atoms with Crippen LogP contribution in [-0.2, 0) is 25.5 Å². The second-order valence-corrected chi connectivity index (χ2v) is 6.61. The predicted molar refractivity (Wildman–Crippen MR) is 96.3 cm³/mol. The van der Waals surface area contributed by atoms with Crippen molar-refractivity contribution in [3.63, 3.8) is 0 Å². The molecule has 2 aliphatic rings. The number of carbonyl (C=O) groups excluding carboxylic acids is 4. The molecule has 0 radical (unpaired) electrons. The first-order valence-corrected chi connectivity index (χ1v) is 8.94. The molecule has 1 saturated heterocycles. The zero-order valence-corrected chi connectivity index (χ0v) is 14.9. The predicted octanol–water partition coefficient (Wildman–Crippen LogP) is 1.75. The molecule has 2 aromatic rings. The molecule has 2 atom stereocenters. The first-order valence-electron chi connectivity index (χ1n) is 8.94. The fourth-order valence-corrected chi connectivity index (χ4v) is 3.41. The summed E-state index contributed by atoms with van der Waals surface area (Å²) in [6, 6.07) is 14.3. The van der Waals surface area contributed by atoms with Crippen LogP contribution in [0.3, 0.4) is 0 Å². The lowest BCUT2D eigenvalue weighted by atomic mass is 10.0. The summed E-state index contributed by atoms with van der Waals surface area (Å²) in [6.07, 6.45) is -0.668. The maximum absolute atomic E-state index is 12.9. The fraction of sp³-hybridized carbons (Fsp3) is 0.238. The number of esters is 2. The number of fused-ring (bicyclic) bond motifs is 1. The molecule has 0 unspecified atom stereocenters. The number of hydrogen-bond acceptors (Lipinski definition) is 6. The van der Waals surface area contributed by atoms with Gasteiger partial charge in [-0.3, -0.25) is 14.5 Å². The molecule has 0 aromatic heterocycles. The highest BCUT2D eigenvalue weighted by Gasteiger charge is 2.44. The summed E-state index contributed by atoms with van der Waals surface area (Å²) in [5, 5.41) is 0. The first-order chi connectivity index (χ1) is 13.6. The van der Waals surface area contributed by atoms with Crippen molar-refractivity contribution in [2.45, 2.75) is 25.0 Å². The van der Waals surface area contributed by atoms with Crippen LogP contribution >= 0.6 is 0 Å². The zero-order valence-electron chi connectivity index (χ0n) is 14.9. The lowest BCUT2D eigenvalue weighted by Gasteiger charge is -2.25. The highest BCUT2D eigenvalue weighted by Crippen LogP contribution is 2.27. The van der Waals surface area contributed by atoms with Gasteiger partial charge in [0, 0.05) is 12.8 Å². The SMILES string of the molecule is O=C1OCC[C@@H]1OC(=O)[C@H](Cc1ccccc1)N1C(=O)c2ccccc2C1=O. The first kappa shape index (κ1) is 17.9. The number of imide groups is 1. The Kier molecular flexibility index (Phi) is 4.65. The minimum absolute atomic E-state index is 0.0902. The molecule has 0 N–H and O–H groups in total. The summed E-state index contributed by atoms with van der Waals surface area (Å²) in [7, 11) is 0. The van der Waals surface area contributed by atoms with E-state index in [0.29, 0.717) is 0 Å². The highest BCUT2D eigenvalue weighted by molar-refractivity contribution is 6.22. The molecular formula is C21H17NO6. The second-order valence-electron chi connectivity index (χ2n) is 6.61. The number of nitrogens with zero attached hydrogens (tertiary/aromatic N) is 1. The largest absolute Gasteiger partial charge is 0.463 e. The summed E-state index contributed by atoms with van der Waals surface area (Å²) < 4.78 is 10.1. The Morgan fingerprint density at radius 1 is 1.00 bits per heavy atom. The van der Waals surface area contributed by atoms with E-state index in [4.69, 9.17) is 9.47 Å². The van der Waals surface area contributed by atoms with Gasteiger partial charge in [-0.1, -0.05) is 42.5 Å². The van der Waals surface area contributed by atoms with Crippen LogP contribution in [-0.4, -0.2) is 47.4 Å². The van der Waals surface area contributed by atoms with Crippen molar-refractivity contribution in [3.05, 3.63) is 71.3 Å². The van der Waals surface area contributed by atoms with Crippen LogP contribution in [0.5, 0.6) is 0 Å². The van der Waals surface area contributed by atoms with Crippen molar-refractivity contribution in [3.8, 4) is 0 Å². The summed E-state index contributed by atoms with van der Waals surface area (Å²) in [5.74, 6) is -2.52. The quantitative estimate of drug-likeness (QED) is 0.581. The normalized spacial score (nSPS) is 19.4. The monoisotopic (exact) mass is 379 g/mol. The zero-order chi connectivity index (χ0) is 19.7. The number of carbonyl (C=O) groups is 4. The molecule has 2 aromatic carbocycles. The molecule has 0 spiro atoms. The molecule has 7 heteroatoms. The van der Waals surface area contributed by atoms with E-state index in [1.54, 1.807) is 48.5 Å². The Hall–Kier alpha value is -3.48. The van der Waals surface area contributed by atoms with E-state index in [-0.39, 0.29) is 30.6 Å². The van der Waals surface area contributed by atoms with Gasteiger partial charge < -0.3 is 9.47 Å². The van der Waals surface area contributed by atoms with Crippen LogP contribution in [0.1, 0.15) is 32.7 Å². The number of hydrogen-bond donors (Lipinski definition) is 0. The van der Waals surface area contributed by atoms with Gasteiger partial charge in [0.2, 0.25) is 6.10 Å². The summed E-state index contributed by atoms with van der Waals surface area (Å²) >= 11 is 0. The van der Waals surface area contributed by atoms with Gasteiger partial charge in [-0.25, -0.2) is 9.59 Å². The van der Waals surface area contributed by atoms with Crippen LogP contribution in [0.25, 0.3) is 0 Å². The smallest absolute Gasteiger partial charge is 0.347 e. The average Bonchev–Trinajstić information content (AvgIpc) is 3.22. The standard InChI is InChI=1S/C21H17NO6/c23-18-14-8-4-5-9-15(14)19(24)22(18)16(12-13-6-2-1-3-7-13)20(25)28-17-10-11-27-21(17)26/h1-9,16-17H,10-12H2/t16-,17-/m0/s1. The Morgan fingerprint density at radius 3 is 2.18 bits per heavy atom. The molecule has 7 nitrogen and oxygen atoms in total. The summed E-state index contributed by atoms with van der Waals surface area (Å²) in [6.45, 7) is 0.174. The Balaban J connectivity index is 1.65. The summed E-state index contributed by atoms with van der Waals surface area (Å²) in [4.78, 5) is 51.2. The van der Waals surface area contributed by atoms with Gasteiger partial charge in [-0.15, -0.1) is 0 Å². The second kappa shape index (κ2) is 7.26. The molecule has 2 amide bonds. The lowest BCUT2D eigenvalue weighted by molar-refractivity contribution is -0.163. The third-order valence-electron chi connectivity index (χ3n) is 4.83. The molecule has 0 bridgehead atoms. The van der Waals surface area contributed by atoms with E-state index in [1.165, 1.54) is 0 Å². The number of cyclic esters (lactones) is 1. The van der Waals surface area contributed by atoms with Crippen LogP contribution < -0.4 is 0 Å². The average molecular weight is 379 g/mol. The van der Waals surface area contributed by atoms with Crippen molar-refractivity contribution in [2.75, 3.05) is 6.61 Å². The molecule has 28 heavy (non-hydrogen) atoms. The van der Waals surface area contributed by atoms with Crippen molar-refractivity contribution < 1.29 is 28.7 Å². The minimum atomic E-state index is -1.18. The van der Waals surface area contributed by atoms with Gasteiger partial charge in [0.1, 0.15) is 6.04 Å². The van der Waals surface area contributed by atoms with Crippen LogP contribution in [0.2, 0.25) is 0 Å². The van der Waals surface area contributed by atoms with Gasteiger partial charge in [0.25, 0.3) is 11.8 Å². The van der Waals surface area contributed by atoms with Crippen molar-refractivity contribution in [2.24, 2.45) is 0 Å². The van der Waals surface area contributed by atoms with Crippen molar-refractivity contribution >= 4 is 23.8 Å². The van der Waals surface area contributed by atoms with Crippen LogP contribution in [0.15, 0.2) is 54.6 Å². The van der Waals surface area contributed by atoms with Gasteiger partial charge in [0.05, 0.1) is 17.7 Å². The minimum Gasteiger partial charge on any atom is -0.463 e. The van der Waals surface area contributed by atoms with E-state index >= 15 is 0 Å². The number of rotatable bonds is 5. The molecule has 1 fully saturated rings. The van der Waals surface area contributed by atoms with E-state index in [1.807, 2.05) is 6.07 Å². The van der Waals surface area contributed by atoms with E-state index in [0.717, 1.165) is 10.5 Å². The molecule has 2 heterocycles. The van der Waals surface area contributed by atoms with E-state index in [9.17, 15) is 19.2 Å². The Labute approximate surface area is 160 Å². The highest BCUT2D eigenvalue weighted by atomic mass is 16.6. The van der Waals surface area contributed by atoms with Gasteiger partial charge in [0.15, 0.2) is 0 Å². The molecule has 2 aliphatic heterocycles. The third kappa shape index (κ3) is 3.15. The molecule has 4 rings (SSSR count). The molecular weight excluding hydrogens is 362 g/mol. The number of amides is 2. The Morgan fingerprint density at radius 2 is 1.61 bits per heavy atom. The van der Waals surface area contributed by atoms with Crippen LogP contribution in [0, 0.1) is 0 Å². The maximum atomic E-state index is 12.9. The number of ether oxygens (including phenoxy) is 2. The van der Waals surface area contributed by atoms with Gasteiger partial charge in [-0.2, -0.15) is 0 Å². The fourth-order valence-electron chi connectivity index (χ4n) is 3.41. The molecule has 0 aliphatic carbocycles. The van der Waals surface area contributed by atoms with Gasteiger partial charge in [-0.05, 0) is 17.7 Å². The topological polar surface area (TPSA) is 90.0 Å². The van der Waals surface area contributed by atoms with Gasteiger partial charge >= 0.3 is 11.9 Å². The van der Waals surface area contributed by atoms with Crippen LogP contribution in [0.4, 0.5) is 0 Å². The summed E-state index contributed by atoms with van der Waals surface area (Å²) in [5.41, 5.74) is 1.26. The maximum Gasteiger partial charge on any atom is 0.347 e. The molecule has 142 valence electrons. The van der Waals surface area contributed by atoms with E-state index < -0.39 is 35.9 Å². The number of benzene rings is 2. The molecule has 0 saturated carbocycles.